The fourth-order valence-electron chi connectivity index (χ4n) is 2.10. The molecule has 0 bridgehead atoms. The van der Waals surface area contributed by atoms with Gasteiger partial charge in [0.2, 0.25) is 0 Å². The fourth-order valence-corrected chi connectivity index (χ4v) is 3.25. The molecule has 0 atom stereocenters. The zero-order valence-electron chi connectivity index (χ0n) is 11.9. The largest absolute Gasteiger partial charge is 0.348 e. The Kier molecular flexibility index (Phi) is 4.96. The van der Waals surface area contributed by atoms with E-state index in [1.807, 2.05) is 29.0 Å². The first-order valence-corrected chi connectivity index (χ1v) is 8.54. The van der Waals surface area contributed by atoms with E-state index < -0.39 is 0 Å². The summed E-state index contributed by atoms with van der Waals surface area (Å²) in [5, 5.41) is 7.74. The van der Waals surface area contributed by atoms with Crippen LogP contribution in [-0.4, -0.2) is 10.9 Å². The van der Waals surface area contributed by atoms with Crippen LogP contribution in [0.25, 0.3) is 11.3 Å². The van der Waals surface area contributed by atoms with Crippen molar-refractivity contribution in [3.05, 3.63) is 74.5 Å². The van der Waals surface area contributed by atoms with Gasteiger partial charge in [0, 0.05) is 28.7 Å². The molecule has 3 rings (SSSR count). The lowest BCUT2D eigenvalue weighted by Crippen LogP contribution is -2.23. The normalized spacial score (nSPS) is 10.5. The van der Waals surface area contributed by atoms with Crippen molar-refractivity contribution in [1.29, 1.82) is 0 Å². The van der Waals surface area contributed by atoms with Crippen LogP contribution in [0, 0.1) is 0 Å². The molecule has 3 nitrogen and oxygen atoms in total. The number of hydrogen-bond donors (Lipinski definition) is 1. The van der Waals surface area contributed by atoms with Gasteiger partial charge in [0.15, 0.2) is 0 Å². The first kappa shape index (κ1) is 16.0. The van der Waals surface area contributed by atoms with Crippen molar-refractivity contribution in [2.45, 2.75) is 6.54 Å². The third-order valence-electron chi connectivity index (χ3n) is 3.27. The second-order valence-electron chi connectivity index (χ2n) is 4.87. The molecule has 1 N–H and O–H groups in total. The van der Waals surface area contributed by atoms with Crippen LogP contribution in [0.2, 0.25) is 10.0 Å². The Morgan fingerprint density at radius 3 is 2.78 bits per heavy atom. The number of nitrogens with one attached hydrogen (secondary N) is 1. The summed E-state index contributed by atoms with van der Waals surface area (Å²) in [6.07, 6.45) is 1.74. The van der Waals surface area contributed by atoms with Gasteiger partial charge in [-0.2, -0.15) is 11.3 Å². The van der Waals surface area contributed by atoms with Crippen molar-refractivity contribution in [3.8, 4) is 11.3 Å². The minimum atomic E-state index is -0.236. The zero-order chi connectivity index (χ0) is 16.2. The van der Waals surface area contributed by atoms with Gasteiger partial charge in [0.1, 0.15) is 0 Å². The minimum Gasteiger partial charge on any atom is -0.348 e. The molecule has 0 aliphatic rings. The average molecular weight is 363 g/mol. The molecule has 0 aliphatic heterocycles. The molecule has 0 aliphatic carbocycles. The minimum absolute atomic E-state index is 0.236. The van der Waals surface area contributed by atoms with Crippen molar-refractivity contribution in [2.75, 3.05) is 0 Å². The standard InChI is InChI=1S/C17H12Cl2N2OS/c18-13-1-2-14(15(19)8-13)17(22)21-9-11-3-5-20-16(7-11)12-4-6-23-10-12/h1-8,10H,9H2,(H,21,22). The van der Waals surface area contributed by atoms with Crippen molar-refractivity contribution in [3.63, 3.8) is 0 Å². The summed E-state index contributed by atoms with van der Waals surface area (Å²) in [5.41, 5.74) is 3.34. The maximum absolute atomic E-state index is 12.2. The molecule has 0 fully saturated rings. The van der Waals surface area contributed by atoms with Crippen LogP contribution in [-0.2, 0) is 6.54 Å². The van der Waals surface area contributed by atoms with Crippen molar-refractivity contribution >= 4 is 40.4 Å². The third-order valence-corrected chi connectivity index (χ3v) is 4.50. The number of hydrogen-bond acceptors (Lipinski definition) is 3. The van der Waals surface area contributed by atoms with E-state index >= 15 is 0 Å². The highest BCUT2D eigenvalue weighted by atomic mass is 35.5. The van der Waals surface area contributed by atoms with Gasteiger partial charge in [-0.25, -0.2) is 0 Å². The van der Waals surface area contributed by atoms with E-state index in [0.29, 0.717) is 22.2 Å². The van der Waals surface area contributed by atoms with E-state index in [-0.39, 0.29) is 5.91 Å². The van der Waals surface area contributed by atoms with Crippen LogP contribution in [0.5, 0.6) is 0 Å². The third kappa shape index (κ3) is 3.91. The number of amides is 1. The summed E-state index contributed by atoms with van der Waals surface area (Å²) in [6, 6.07) is 10.7. The highest BCUT2D eigenvalue weighted by Gasteiger charge is 2.10. The molecule has 1 amide bonds. The maximum atomic E-state index is 12.2. The number of carbonyl (C=O) groups is 1. The fraction of sp³-hybridized carbons (Fsp3) is 0.0588. The number of benzene rings is 1. The van der Waals surface area contributed by atoms with Gasteiger partial charge in [0.05, 0.1) is 16.3 Å². The van der Waals surface area contributed by atoms with Crippen LogP contribution >= 0.6 is 34.5 Å². The molecule has 3 aromatic rings. The SMILES string of the molecule is O=C(NCc1ccnc(-c2ccsc2)c1)c1ccc(Cl)cc1Cl. The van der Waals surface area contributed by atoms with Gasteiger partial charge in [-0.15, -0.1) is 0 Å². The molecule has 6 heteroatoms. The molecule has 0 unspecified atom stereocenters. The quantitative estimate of drug-likeness (QED) is 0.705. The Morgan fingerprint density at radius 1 is 1.17 bits per heavy atom. The number of rotatable bonds is 4. The first-order chi connectivity index (χ1) is 11.1. The van der Waals surface area contributed by atoms with Crippen molar-refractivity contribution < 1.29 is 4.79 Å². The van der Waals surface area contributed by atoms with Crippen LogP contribution in [0.3, 0.4) is 0 Å². The van der Waals surface area contributed by atoms with Gasteiger partial charge < -0.3 is 5.32 Å². The highest BCUT2D eigenvalue weighted by molar-refractivity contribution is 7.08. The number of thiophene rings is 1. The Balaban J connectivity index is 1.71. The molecule has 23 heavy (non-hydrogen) atoms. The molecule has 2 heterocycles. The van der Waals surface area contributed by atoms with Crippen molar-refractivity contribution in [1.82, 2.24) is 10.3 Å². The Morgan fingerprint density at radius 2 is 2.04 bits per heavy atom. The monoisotopic (exact) mass is 362 g/mol. The van der Waals surface area contributed by atoms with Crippen LogP contribution in [0.1, 0.15) is 15.9 Å². The molecular weight excluding hydrogens is 351 g/mol. The Labute approximate surface area is 147 Å². The lowest BCUT2D eigenvalue weighted by molar-refractivity contribution is 0.0951. The second kappa shape index (κ2) is 7.13. The van der Waals surface area contributed by atoms with Crippen LogP contribution in [0.15, 0.2) is 53.4 Å². The zero-order valence-corrected chi connectivity index (χ0v) is 14.3. The van der Waals surface area contributed by atoms with Crippen LogP contribution in [0.4, 0.5) is 0 Å². The average Bonchev–Trinajstić information content (AvgIpc) is 3.07. The smallest absolute Gasteiger partial charge is 0.253 e. The van der Waals surface area contributed by atoms with E-state index in [1.54, 1.807) is 35.7 Å². The van der Waals surface area contributed by atoms with E-state index in [0.717, 1.165) is 16.8 Å². The first-order valence-electron chi connectivity index (χ1n) is 6.84. The molecule has 116 valence electrons. The van der Waals surface area contributed by atoms with Gasteiger partial charge in [-0.1, -0.05) is 23.2 Å². The van der Waals surface area contributed by atoms with Gasteiger partial charge in [-0.3, -0.25) is 9.78 Å². The summed E-state index contributed by atoms with van der Waals surface area (Å²) in [6.45, 7) is 0.400. The summed E-state index contributed by atoms with van der Waals surface area (Å²) >= 11 is 13.5. The van der Waals surface area contributed by atoms with Gasteiger partial charge >= 0.3 is 0 Å². The van der Waals surface area contributed by atoms with E-state index in [2.05, 4.69) is 10.3 Å². The van der Waals surface area contributed by atoms with E-state index in [9.17, 15) is 4.79 Å². The number of halogens is 2. The number of carbonyl (C=O) groups excluding carboxylic acids is 1. The molecule has 1 aromatic carbocycles. The molecule has 0 spiro atoms. The Bertz CT molecular complexity index is 834. The number of pyridine rings is 1. The maximum Gasteiger partial charge on any atom is 0.253 e. The predicted molar refractivity (Wildman–Crippen MR) is 95.2 cm³/mol. The predicted octanol–water partition coefficient (Wildman–Crippen LogP) is 5.05. The summed E-state index contributed by atoms with van der Waals surface area (Å²) < 4.78 is 0. The van der Waals surface area contributed by atoms with Gasteiger partial charge in [0.25, 0.3) is 5.91 Å². The van der Waals surface area contributed by atoms with Crippen LogP contribution < -0.4 is 5.32 Å². The van der Waals surface area contributed by atoms with E-state index in [1.165, 1.54) is 0 Å². The second-order valence-corrected chi connectivity index (χ2v) is 6.49. The highest BCUT2D eigenvalue weighted by Crippen LogP contribution is 2.22. The summed E-state index contributed by atoms with van der Waals surface area (Å²) in [5.74, 6) is -0.236. The number of aromatic nitrogens is 1. The molecular formula is C17H12Cl2N2OS. The summed E-state index contributed by atoms with van der Waals surface area (Å²) in [4.78, 5) is 16.6. The lowest BCUT2D eigenvalue weighted by atomic mass is 10.1. The van der Waals surface area contributed by atoms with E-state index in [4.69, 9.17) is 23.2 Å². The summed E-state index contributed by atoms with van der Waals surface area (Å²) in [7, 11) is 0. The van der Waals surface area contributed by atoms with Crippen molar-refractivity contribution in [2.24, 2.45) is 0 Å². The molecule has 0 saturated heterocycles. The Hall–Kier alpha value is -1.88. The molecule has 0 radical (unpaired) electrons. The molecule has 2 aromatic heterocycles. The lowest BCUT2D eigenvalue weighted by Gasteiger charge is -2.08. The van der Waals surface area contributed by atoms with Gasteiger partial charge in [-0.05, 0) is 47.3 Å². The molecule has 0 saturated carbocycles. The number of nitrogens with zero attached hydrogens (tertiary/aromatic N) is 1. The topological polar surface area (TPSA) is 42.0 Å².